The van der Waals surface area contributed by atoms with Crippen molar-refractivity contribution in [2.75, 3.05) is 0 Å². The maximum Gasteiger partial charge on any atom is 0.155 e. The first-order valence-electron chi connectivity index (χ1n) is 11.5. The van der Waals surface area contributed by atoms with Crippen molar-refractivity contribution in [3.8, 4) is 0 Å². The van der Waals surface area contributed by atoms with Crippen molar-refractivity contribution >= 4 is 18.3 Å². The summed E-state index contributed by atoms with van der Waals surface area (Å²) in [5.41, 5.74) is 7.38. The quantitative estimate of drug-likeness (QED) is 0.291. The van der Waals surface area contributed by atoms with Gasteiger partial charge < -0.3 is 0 Å². The summed E-state index contributed by atoms with van der Waals surface area (Å²) in [4.78, 5) is 0. The molecule has 3 unspecified atom stereocenters. The molecule has 151 valence electrons. The molecule has 0 aromatic heterocycles. The van der Waals surface area contributed by atoms with E-state index in [4.69, 9.17) is 0 Å². The van der Waals surface area contributed by atoms with Crippen LogP contribution in [-0.4, -0.2) is 7.28 Å². The Labute approximate surface area is 175 Å². The smallest absolute Gasteiger partial charge is 0.0914 e. The van der Waals surface area contributed by atoms with Gasteiger partial charge in [0.05, 0.1) is 0 Å². The van der Waals surface area contributed by atoms with Crippen LogP contribution in [0.25, 0.3) is 5.57 Å². The van der Waals surface area contributed by atoms with Crippen LogP contribution in [0.1, 0.15) is 84.3 Å². The van der Waals surface area contributed by atoms with Crippen molar-refractivity contribution in [2.24, 2.45) is 11.8 Å². The van der Waals surface area contributed by atoms with Gasteiger partial charge in [-0.15, -0.1) is 0 Å². The molecule has 0 heterocycles. The first-order valence-corrected chi connectivity index (χ1v) is 11.5. The van der Waals surface area contributed by atoms with E-state index in [0.29, 0.717) is 17.7 Å². The number of allylic oxidation sites excluding steroid dienone is 6. The van der Waals surface area contributed by atoms with Crippen LogP contribution in [0.3, 0.4) is 0 Å². The van der Waals surface area contributed by atoms with Gasteiger partial charge in [0.2, 0.25) is 0 Å². The maximum atomic E-state index is 2.49. The molecule has 0 N–H and O–H groups in total. The summed E-state index contributed by atoms with van der Waals surface area (Å²) < 4.78 is 0. The highest BCUT2D eigenvalue weighted by Crippen LogP contribution is 2.34. The van der Waals surface area contributed by atoms with Gasteiger partial charge >= 0.3 is 0 Å². The molecule has 0 spiro atoms. The molecule has 0 bridgehead atoms. The fourth-order valence-electron chi connectivity index (χ4n) is 4.58. The van der Waals surface area contributed by atoms with Crippen molar-refractivity contribution in [1.82, 2.24) is 0 Å². The Bertz CT molecular complexity index is 707. The average molecular weight is 375 g/mol. The molecule has 1 radical (unpaired) electrons. The minimum Gasteiger partial charge on any atom is -0.0914 e. The molecule has 0 amide bonds. The second kappa shape index (κ2) is 11.5. The van der Waals surface area contributed by atoms with Gasteiger partial charge in [0, 0.05) is 0 Å². The van der Waals surface area contributed by atoms with E-state index in [0.717, 1.165) is 6.42 Å². The molecule has 1 aromatic carbocycles. The van der Waals surface area contributed by atoms with Gasteiger partial charge in [0.25, 0.3) is 0 Å². The average Bonchev–Trinajstić information content (AvgIpc) is 2.66. The third-order valence-electron chi connectivity index (χ3n) is 6.10. The van der Waals surface area contributed by atoms with Crippen LogP contribution in [0, 0.1) is 18.8 Å². The third kappa shape index (κ3) is 6.54. The number of aryl methyl sites for hydroxylation is 1. The summed E-state index contributed by atoms with van der Waals surface area (Å²) in [6, 6.07) is 7.09. The highest BCUT2D eigenvalue weighted by Gasteiger charge is 2.17. The Hall–Kier alpha value is -1.50. The zero-order chi connectivity index (χ0) is 20.5. The van der Waals surface area contributed by atoms with Gasteiger partial charge in [-0.3, -0.25) is 0 Å². The molecule has 28 heavy (non-hydrogen) atoms. The van der Waals surface area contributed by atoms with Crippen LogP contribution in [-0.2, 0) is 0 Å². The molecule has 0 saturated carbocycles. The summed E-state index contributed by atoms with van der Waals surface area (Å²) in [6.07, 6.45) is 16.8. The number of hydrogen-bond acceptors (Lipinski definition) is 0. The van der Waals surface area contributed by atoms with Crippen molar-refractivity contribution < 1.29 is 0 Å². The van der Waals surface area contributed by atoms with Crippen LogP contribution in [0.5, 0.6) is 0 Å². The first-order chi connectivity index (χ1) is 13.5. The molecule has 2 rings (SSSR count). The fourth-order valence-corrected chi connectivity index (χ4v) is 4.58. The van der Waals surface area contributed by atoms with Gasteiger partial charge in [-0.25, -0.2) is 0 Å². The van der Waals surface area contributed by atoms with E-state index >= 15 is 0 Å². The van der Waals surface area contributed by atoms with E-state index in [1.807, 2.05) is 0 Å². The monoisotopic (exact) mass is 375 g/mol. The second-order valence-corrected chi connectivity index (χ2v) is 8.65. The van der Waals surface area contributed by atoms with E-state index in [2.05, 4.69) is 91.3 Å². The van der Waals surface area contributed by atoms with E-state index in [-0.39, 0.29) is 0 Å². The standard InChI is InChI=1S/C27H40B/c1-7-11-22(9-3)18-23-15-20(5)16-24(19-23)27-14-13-26(17-21(27)6)28-25(10-4)12-8-2/h7,11,13-17,20,22,25H,8-10,12,18-19H2,1-6H3/b11-7-. The number of hydrogen-bond donors (Lipinski definition) is 0. The van der Waals surface area contributed by atoms with Gasteiger partial charge in [0.1, 0.15) is 0 Å². The second-order valence-electron chi connectivity index (χ2n) is 8.65. The third-order valence-corrected chi connectivity index (χ3v) is 6.10. The topological polar surface area (TPSA) is 0 Å². The molecular weight excluding hydrogens is 335 g/mol. The van der Waals surface area contributed by atoms with E-state index in [9.17, 15) is 0 Å². The predicted molar refractivity (Wildman–Crippen MR) is 129 cm³/mol. The molecule has 0 nitrogen and oxygen atoms in total. The lowest BCUT2D eigenvalue weighted by Crippen LogP contribution is -2.20. The van der Waals surface area contributed by atoms with Crippen molar-refractivity contribution in [3.63, 3.8) is 0 Å². The molecule has 0 saturated heterocycles. The highest BCUT2D eigenvalue weighted by molar-refractivity contribution is 6.55. The van der Waals surface area contributed by atoms with Crippen LogP contribution in [0.2, 0.25) is 5.82 Å². The normalized spacial score (nSPS) is 19.3. The van der Waals surface area contributed by atoms with Crippen molar-refractivity contribution in [1.29, 1.82) is 0 Å². The fraction of sp³-hybridized carbons (Fsp3) is 0.556. The first kappa shape index (κ1) is 22.8. The molecule has 0 aliphatic heterocycles. The molecular formula is C27H40B. The Kier molecular flexibility index (Phi) is 9.35. The van der Waals surface area contributed by atoms with E-state index in [1.165, 1.54) is 54.3 Å². The maximum absolute atomic E-state index is 2.49. The lowest BCUT2D eigenvalue weighted by molar-refractivity contribution is 0.609. The number of benzene rings is 1. The molecule has 1 aromatic rings. The van der Waals surface area contributed by atoms with Gasteiger partial charge in [0.15, 0.2) is 7.28 Å². The molecule has 1 heteroatoms. The number of rotatable bonds is 10. The molecule has 3 atom stereocenters. The van der Waals surface area contributed by atoms with Gasteiger partial charge in [-0.05, 0) is 61.6 Å². The Morgan fingerprint density at radius 2 is 1.93 bits per heavy atom. The Balaban J connectivity index is 2.14. The molecule has 1 aliphatic carbocycles. The van der Waals surface area contributed by atoms with E-state index in [1.54, 1.807) is 5.57 Å². The Morgan fingerprint density at radius 1 is 1.14 bits per heavy atom. The van der Waals surface area contributed by atoms with Crippen LogP contribution < -0.4 is 5.46 Å². The van der Waals surface area contributed by atoms with Crippen LogP contribution in [0.15, 0.2) is 48.1 Å². The zero-order valence-electron chi connectivity index (χ0n) is 19.1. The lowest BCUT2D eigenvalue weighted by Gasteiger charge is -2.23. The molecule has 1 aliphatic rings. The molecule has 0 fully saturated rings. The highest BCUT2D eigenvalue weighted by atomic mass is 14.2. The minimum atomic E-state index is 0.529. The van der Waals surface area contributed by atoms with Crippen LogP contribution >= 0.6 is 0 Å². The summed E-state index contributed by atoms with van der Waals surface area (Å²) in [5, 5.41) is 0. The largest absolute Gasteiger partial charge is 0.155 e. The van der Waals surface area contributed by atoms with Crippen LogP contribution in [0.4, 0.5) is 0 Å². The predicted octanol–water partition coefficient (Wildman–Crippen LogP) is 7.67. The van der Waals surface area contributed by atoms with Gasteiger partial charge in [-0.1, -0.05) is 106 Å². The van der Waals surface area contributed by atoms with Crippen molar-refractivity contribution in [3.05, 3.63) is 59.2 Å². The minimum absolute atomic E-state index is 0.529. The summed E-state index contributed by atoms with van der Waals surface area (Å²) >= 11 is 0. The zero-order valence-corrected chi connectivity index (χ0v) is 19.1. The SMILES string of the molecule is C/C=C\C(CC)CC1=CC(C)C=C(c2ccc([B]C(CC)CCC)cc2C)C1. The summed E-state index contributed by atoms with van der Waals surface area (Å²) in [5.74, 6) is 1.91. The van der Waals surface area contributed by atoms with Crippen molar-refractivity contribution in [2.45, 2.75) is 85.9 Å². The Morgan fingerprint density at radius 3 is 2.54 bits per heavy atom. The van der Waals surface area contributed by atoms with E-state index < -0.39 is 0 Å². The van der Waals surface area contributed by atoms with Gasteiger partial charge in [-0.2, -0.15) is 0 Å². The summed E-state index contributed by atoms with van der Waals surface area (Å²) in [7, 11) is 2.48. The summed E-state index contributed by atoms with van der Waals surface area (Å²) in [6.45, 7) is 13.6. The lowest BCUT2D eigenvalue weighted by atomic mass is 9.56.